The SMILES string of the molecule is Cc1ncccc1OC(=O)N1CCC(c2nc(-c3cc(F)ccc3F)n[nH]2)CC1. The molecule has 3 heterocycles. The second kappa shape index (κ2) is 7.94. The van der Waals surface area contributed by atoms with Crippen LogP contribution in [0.2, 0.25) is 0 Å². The van der Waals surface area contributed by atoms with E-state index in [1.165, 1.54) is 0 Å². The number of nitrogens with zero attached hydrogens (tertiary/aromatic N) is 4. The Labute approximate surface area is 165 Å². The van der Waals surface area contributed by atoms with Crippen molar-refractivity contribution in [3.05, 3.63) is 59.7 Å². The molecule has 0 aliphatic carbocycles. The minimum Gasteiger partial charge on any atom is -0.408 e. The van der Waals surface area contributed by atoms with Gasteiger partial charge in [0.25, 0.3) is 0 Å². The van der Waals surface area contributed by atoms with Gasteiger partial charge < -0.3 is 9.64 Å². The predicted molar refractivity (Wildman–Crippen MR) is 100 cm³/mol. The van der Waals surface area contributed by atoms with Crippen molar-refractivity contribution < 1.29 is 18.3 Å². The third kappa shape index (κ3) is 4.08. The number of halogens is 2. The molecule has 0 bridgehead atoms. The summed E-state index contributed by atoms with van der Waals surface area (Å²) in [6.45, 7) is 2.76. The highest BCUT2D eigenvalue weighted by atomic mass is 19.1. The fourth-order valence-corrected chi connectivity index (χ4v) is 3.32. The molecule has 1 saturated heterocycles. The highest BCUT2D eigenvalue weighted by molar-refractivity contribution is 5.71. The number of rotatable bonds is 3. The van der Waals surface area contributed by atoms with Gasteiger partial charge in [-0.3, -0.25) is 10.1 Å². The summed E-state index contributed by atoms with van der Waals surface area (Å²) in [5, 5.41) is 6.85. The molecule has 7 nitrogen and oxygen atoms in total. The summed E-state index contributed by atoms with van der Waals surface area (Å²) >= 11 is 0. The third-order valence-corrected chi connectivity index (χ3v) is 4.97. The monoisotopic (exact) mass is 399 g/mol. The normalized spacial score (nSPS) is 14.8. The van der Waals surface area contributed by atoms with Crippen LogP contribution in [0.15, 0.2) is 36.5 Å². The summed E-state index contributed by atoms with van der Waals surface area (Å²) in [6, 6.07) is 6.59. The number of hydrogen-bond donors (Lipinski definition) is 1. The van der Waals surface area contributed by atoms with Gasteiger partial charge in [-0.2, -0.15) is 5.10 Å². The lowest BCUT2D eigenvalue weighted by Gasteiger charge is -2.30. The molecule has 1 aliphatic rings. The Bertz CT molecular complexity index is 1030. The van der Waals surface area contributed by atoms with Gasteiger partial charge >= 0.3 is 6.09 Å². The van der Waals surface area contributed by atoms with Crippen molar-refractivity contribution in [3.8, 4) is 17.1 Å². The Hall–Kier alpha value is -3.36. The highest BCUT2D eigenvalue weighted by Crippen LogP contribution is 2.28. The Morgan fingerprint density at radius 1 is 1.24 bits per heavy atom. The molecular formula is C20H19F2N5O2. The largest absolute Gasteiger partial charge is 0.415 e. The van der Waals surface area contributed by atoms with Crippen molar-refractivity contribution >= 4 is 6.09 Å². The highest BCUT2D eigenvalue weighted by Gasteiger charge is 2.27. The number of H-pyrrole nitrogens is 1. The summed E-state index contributed by atoms with van der Waals surface area (Å²) in [7, 11) is 0. The Balaban J connectivity index is 1.39. The summed E-state index contributed by atoms with van der Waals surface area (Å²) in [5.74, 6) is 0.0583. The van der Waals surface area contributed by atoms with Gasteiger partial charge in [-0.05, 0) is 50.1 Å². The summed E-state index contributed by atoms with van der Waals surface area (Å²) < 4.78 is 32.8. The summed E-state index contributed by atoms with van der Waals surface area (Å²) in [6.07, 6.45) is 2.53. The predicted octanol–water partition coefficient (Wildman–Crippen LogP) is 3.83. The van der Waals surface area contributed by atoms with E-state index < -0.39 is 17.7 Å². The summed E-state index contributed by atoms with van der Waals surface area (Å²) in [5.41, 5.74) is 0.662. The molecule has 2 aromatic heterocycles. The van der Waals surface area contributed by atoms with E-state index in [2.05, 4.69) is 20.2 Å². The molecule has 0 saturated carbocycles. The van der Waals surface area contributed by atoms with E-state index in [-0.39, 0.29) is 17.3 Å². The van der Waals surface area contributed by atoms with Crippen LogP contribution in [-0.4, -0.2) is 44.2 Å². The van der Waals surface area contributed by atoms with Gasteiger partial charge in [0.1, 0.15) is 17.5 Å². The number of ether oxygens (including phenoxy) is 1. The molecule has 1 fully saturated rings. The van der Waals surface area contributed by atoms with E-state index in [0.29, 0.717) is 43.2 Å². The molecular weight excluding hydrogens is 380 g/mol. The number of hydrogen-bond acceptors (Lipinski definition) is 5. The van der Waals surface area contributed by atoms with Gasteiger partial charge in [-0.1, -0.05) is 0 Å². The van der Waals surface area contributed by atoms with Gasteiger partial charge in [0.05, 0.1) is 11.3 Å². The van der Waals surface area contributed by atoms with Crippen molar-refractivity contribution in [2.45, 2.75) is 25.7 Å². The van der Waals surface area contributed by atoms with Gasteiger partial charge in [-0.25, -0.2) is 18.6 Å². The standard InChI is InChI=1S/C20H19F2N5O2/c1-12-17(3-2-8-23-12)29-20(28)27-9-6-13(7-10-27)18-24-19(26-25-18)15-11-14(21)4-5-16(15)22/h2-5,8,11,13H,6-7,9-10H2,1H3,(H,24,25,26). The maximum Gasteiger partial charge on any atom is 0.415 e. The molecule has 1 amide bonds. The molecule has 1 aromatic carbocycles. The second-order valence-corrected chi connectivity index (χ2v) is 6.88. The molecule has 0 atom stereocenters. The number of likely N-dealkylation sites (tertiary alicyclic amines) is 1. The van der Waals surface area contributed by atoms with E-state index in [1.807, 2.05) is 0 Å². The van der Waals surface area contributed by atoms with Crippen LogP contribution in [0.3, 0.4) is 0 Å². The van der Waals surface area contributed by atoms with Crippen molar-refractivity contribution in [1.82, 2.24) is 25.1 Å². The first kappa shape index (κ1) is 19.0. The van der Waals surface area contributed by atoms with Crippen LogP contribution >= 0.6 is 0 Å². The molecule has 1 N–H and O–H groups in total. The van der Waals surface area contributed by atoms with Gasteiger partial charge in [0.2, 0.25) is 0 Å². The van der Waals surface area contributed by atoms with Crippen LogP contribution in [0, 0.1) is 18.6 Å². The van der Waals surface area contributed by atoms with Crippen LogP contribution in [0.1, 0.15) is 30.3 Å². The van der Waals surface area contributed by atoms with Crippen molar-refractivity contribution in [2.75, 3.05) is 13.1 Å². The van der Waals surface area contributed by atoms with Crippen LogP contribution in [0.4, 0.5) is 13.6 Å². The smallest absolute Gasteiger partial charge is 0.408 e. The Kier molecular flexibility index (Phi) is 5.20. The lowest BCUT2D eigenvalue weighted by Crippen LogP contribution is -2.39. The molecule has 9 heteroatoms. The number of carbonyl (C=O) groups excluding carboxylic acids is 1. The number of aromatic nitrogens is 4. The maximum absolute atomic E-state index is 13.9. The molecule has 29 heavy (non-hydrogen) atoms. The maximum atomic E-state index is 13.9. The van der Waals surface area contributed by atoms with Crippen molar-refractivity contribution in [2.24, 2.45) is 0 Å². The minimum atomic E-state index is -0.583. The number of benzene rings is 1. The van der Waals surface area contributed by atoms with Crippen LogP contribution < -0.4 is 4.74 Å². The average Bonchev–Trinajstić information content (AvgIpc) is 3.21. The fraction of sp³-hybridized carbons (Fsp3) is 0.300. The van der Waals surface area contributed by atoms with Gasteiger partial charge in [0.15, 0.2) is 11.6 Å². The molecule has 0 radical (unpaired) electrons. The van der Waals surface area contributed by atoms with Gasteiger partial charge in [0, 0.05) is 25.2 Å². The lowest BCUT2D eigenvalue weighted by atomic mass is 9.96. The van der Waals surface area contributed by atoms with E-state index in [1.54, 1.807) is 30.2 Å². The summed E-state index contributed by atoms with van der Waals surface area (Å²) in [4.78, 5) is 22.5. The van der Waals surface area contributed by atoms with Crippen LogP contribution in [0.25, 0.3) is 11.4 Å². The molecule has 4 rings (SSSR count). The minimum absolute atomic E-state index is 0.0142. The number of nitrogens with one attached hydrogen (secondary N) is 1. The molecule has 3 aromatic rings. The first-order chi connectivity index (χ1) is 14.0. The van der Waals surface area contributed by atoms with E-state index in [0.717, 1.165) is 18.2 Å². The Morgan fingerprint density at radius 3 is 2.79 bits per heavy atom. The van der Waals surface area contributed by atoms with Crippen LogP contribution in [-0.2, 0) is 0 Å². The molecule has 0 unspecified atom stereocenters. The second-order valence-electron chi connectivity index (χ2n) is 6.88. The number of aryl methyl sites for hydroxylation is 1. The number of pyridine rings is 1. The van der Waals surface area contributed by atoms with Crippen molar-refractivity contribution in [3.63, 3.8) is 0 Å². The average molecular weight is 399 g/mol. The molecule has 1 aliphatic heterocycles. The number of piperidine rings is 1. The number of aromatic amines is 1. The van der Waals surface area contributed by atoms with Crippen LogP contribution in [0.5, 0.6) is 5.75 Å². The molecule has 150 valence electrons. The zero-order valence-electron chi connectivity index (χ0n) is 15.7. The first-order valence-electron chi connectivity index (χ1n) is 9.27. The Morgan fingerprint density at radius 2 is 2.03 bits per heavy atom. The number of amides is 1. The van der Waals surface area contributed by atoms with E-state index >= 15 is 0 Å². The quantitative estimate of drug-likeness (QED) is 0.724. The van der Waals surface area contributed by atoms with Crippen molar-refractivity contribution in [1.29, 1.82) is 0 Å². The van der Waals surface area contributed by atoms with E-state index in [9.17, 15) is 13.6 Å². The fourth-order valence-electron chi connectivity index (χ4n) is 3.32. The molecule has 0 spiro atoms. The van der Waals surface area contributed by atoms with E-state index in [4.69, 9.17) is 4.74 Å². The lowest BCUT2D eigenvalue weighted by molar-refractivity contribution is 0.137. The first-order valence-corrected chi connectivity index (χ1v) is 9.27. The number of carbonyl (C=O) groups is 1. The third-order valence-electron chi connectivity index (χ3n) is 4.97. The zero-order chi connectivity index (χ0) is 20.4. The zero-order valence-corrected chi connectivity index (χ0v) is 15.7. The topological polar surface area (TPSA) is 84.0 Å². The van der Waals surface area contributed by atoms with Gasteiger partial charge in [-0.15, -0.1) is 0 Å².